The Labute approximate surface area is 125 Å². The highest BCUT2D eigenvalue weighted by atomic mass is 16.5. The number of rotatable bonds is 10. The van der Waals surface area contributed by atoms with Gasteiger partial charge in [-0.2, -0.15) is 0 Å². The molecule has 1 aromatic rings. The third-order valence-corrected chi connectivity index (χ3v) is 2.85. The number of anilines is 1. The van der Waals surface area contributed by atoms with Crippen molar-refractivity contribution in [2.24, 2.45) is 0 Å². The Morgan fingerprint density at radius 2 is 1.76 bits per heavy atom. The molecule has 0 unspecified atom stereocenters. The van der Waals surface area contributed by atoms with Crippen molar-refractivity contribution in [3.8, 4) is 0 Å². The fourth-order valence-electron chi connectivity index (χ4n) is 1.69. The van der Waals surface area contributed by atoms with E-state index >= 15 is 0 Å². The SMILES string of the molecule is CCOCCN(CCOCC)C(=O)c1ccc(NC)nn1. The van der Waals surface area contributed by atoms with Crippen LogP contribution in [0.15, 0.2) is 12.1 Å². The molecule has 118 valence electrons. The molecule has 0 bridgehead atoms. The Morgan fingerprint density at radius 1 is 1.14 bits per heavy atom. The second-order valence-corrected chi connectivity index (χ2v) is 4.24. The molecular formula is C14H24N4O3. The lowest BCUT2D eigenvalue weighted by Crippen LogP contribution is -2.37. The smallest absolute Gasteiger partial charge is 0.274 e. The van der Waals surface area contributed by atoms with Gasteiger partial charge in [0, 0.05) is 33.4 Å². The summed E-state index contributed by atoms with van der Waals surface area (Å²) < 4.78 is 10.6. The van der Waals surface area contributed by atoms with Gasteiger partial charge in [0.15, 0.2) is 5.69 Å². The fourth-order valence-corrected chi connectivity index (χ4v) is 1.69. The molecule has 7 nitrogen and oxygen atoms in total. The first-order valence-corrected chi connectivity index (χ1v) is 7.19. The summed E-state index contributed by atoms with van der Waals surface area (Å²) in [5, 5.41) is 10.7. The van der Waals surface area contributed by atoms with Crippen molar-refractivity contribution in [2.45, 2.75) is 13.8 Å². The Morgan fingerprint density at radius 3 is 2.19 bits per heavy atom. The fraction of sp³-hybridized carbons (Fsp3) is 0.643. The number of nitrogens with zero attached hydrogens (tertiary/aromatic N) is 3. The Kier molecular flexibility index (Phi) is 8.30. The topological polar surface area (TPSA) is 76.6 Å². The van der Waals surface area contributed by atoms with Gasteiger partial charge >= 0.3 is 0 Å². The molecule has 0 saturated carbocycles. The molecule has 0 aliphatic heterocycles. The standard InChI is InChI=1S/C14H24N4O3/c1-4-20-10-8-18(9-11-21-5-2)14(19)12-6-7-13(15-3)17-16-12/h6-7H,4-5,8-11H2,1-3H3,(H,15,17). The molecule has 1 aromatic heterocycles. The van der Waals surface area contributed by atoms with Gasteiger partial charge < -0.3 is 19.7 Å². The van der Waals surface area contributed by atoms with Gasteiger partial charge in [0.1, 0.15) is 5.82 Å². The summed E-state index contributed by atoms with van der Waals surface area (Å²) >= 11 is 0. The monoisotopic (exact) mass is 296 g/mol. The van der Waals surface area contributed by atoms with Gasteiger partial charge in [0.05, 0.1) is 13.2 Å². The number of hydrogen-bond donors (Lipinski definition) is 1. The summed E-state index contributed by atoms with van der Waals surface area (Å²) in [4.78, 5) is 14.1. The molecule has 0 radical (unpaired) electrons. The van der Waals surface area contributed by atoms with Gasteiger partial charge in [-0.15, -0.1) is 10.2 Å². The molecule has 0 aliphatic rings. The first-order chi connectivity index (χ1) is 10.2. The molecular weight excluding hydrogens is 272 g/mol. The zero-order chi connectivity index (χ0) is 15.5. The lowest BCUT2D eigenvalue weighted by atomic mass is 10.3. The van der Waals surface area contributed by atoms with Gasteiger partial charge in [0.25, 0.3) is 5.91 Å². The van der Waals surface area contributed by atoms with E-state index in [2.05, 4.69) is 15.5 Å². The van der Waals surface area contributed by atoms with Crippen LogP contribution in [-0.4, -0.2) is 67.6 Å². The van der Waals surface area contributed by atoms with Crippen LogP contribution in [0.25, 0.3) is 0 Å². The minimum Gasteiger partial charge on any atom is -0.380 e. The van der Waals surface area contributed by atoms with Crippen molar-refractivity contribution in [3.63, 3.8) is 0 Å². The second kappa shape index (κ2) is 10.1. The average Bonchev–Trinajstić information content (AvgIpc) is 2.53. The quantitative estimate of drug-likeness (QED) is 0.650. The zero-order valence-electron chi connectivity index (χ0n) is 13.0. The van der Waals surface area contributed by atoms with E-state index in [1.165, 1.54) is 0 Å². The van der Waals surface area contributed by atoms with E-state index in [0.717, 1.165) is 0 Å². The van der Waals surface area contributed by atoms with Crippen LogP contribution in [0.5, 0.6) is 0 Å². The number of amides is 1. The highest BCUT2D eigenvalue weighted by molar-refractivity contribution is 5.92. The molecule has 1 rings (SSSR count). The summed E-state index contributed by atoms with van der Waals surface area (Å²) in [5.41, 5.74) is 0.321. The predicted molar refractivity (Wildman–Crippen MR) is 80.5 cm³/mol. The molecule has 0 aromatic carbocycles. The summed E-state index contributed by atoms with van der Waals surface area (Å²) in [7, 11) is 1.75. The molecule has 0 fully saturated rings. The van der Waals surface area contributed by atoms with Gasteiger partial charge in [-0.1, -0.05) is 0 Å². The average molecular weight is 296 g/mol. The summed E-state index contributed by atoms with van der Waals surface area (Å²) in [6, 6.07) is 3.39. The van der Waals surface area contributed by atoms with Gasteiger partial charge in [-0.25, -0.2) is 0 Å². The van der Waals surface area contributed by atoms with E-state index in [9.17, 15) is 4.79 Å². The van der Waals surface area contributed by atoms with Crippen LogP contribution < -0.4 is 5.32 Å². The highest BCUT2D eigenvalue weighted by Crippen LogP contribution is 2.05. The molecule has 0 aliphatic carbocycles. The number of hydrogen-bond acceptors (Lipinski definition) is 6. The lowest BCUT2D eigenvalue weighted by Gasteiger charge is -2.22. The van der Waals surface area contributed by atoms with Gasteiger partial charge in [-0.3, -0.25) is 4.79 Å². The number of nitrogens with one attached hydrogen (secondary N) is 1. The third-order valence-electron chi connectivity index (χ3n) is 2.85. The third kappa shape index (κ3) is 6.05. The maximum absolute atomic E-state index is 12.4. The van der Waals surface area contributed by atoms with E-state index in [1.807, 2.05) is 13.8 Å². The van der Waals surface area contributed by atoms with Crippen molar-refractivity contribution >= 4 is 11.7 Å². The lowest BCUT2D eigenvalue weighted by molar-refractivity contribution is 0.0544. The Hall–Kier alpha value is -1.73. The predicted octanol–water partition coefficient (Wildman–Crippen LogP) is 1.03. The van der Waals surface area contributed by atoms with Crippen LogP contribution in [0.1, 0.15) is 24.3 Å². The minimum absolute atomic E-state index is 0.162. The zero-order valence-corrected chi connectivity index (χ0v) is 13.0. The van der Waals surface area contributed by atoms with E-state index in [1.54, 1.807) is 24.1 Å². The van der Waals surface area contributed by atoms with E-state index < -0.39 is 0 Å². The number of carbonyl (C=O) groups is 1. The Bertz CT molecular complexity index is 401. The first-order valence-electron chi connectivity index (χ1n) is 7.19. The largest absolute Gasteiger partial charge is 0.380 e. The molecule has 0 saturated heterocycles. The minimum atomic E-state index is -0.162. The van der Waals surface area contributed by atoms with E-state index in [-0.39, 0.29) is 5.91 Å². The number of aromatic nitrogens is 2. The molecule has 7 heteroatoms. The van der Waals surface area contributed by atoms with E-state index in [0.29, 0.717) is 51.0 Å². The molecule has 0 atom stereocenters. The number of ether oxygens (including phenoxy) is 2. The molecule has 1 amide bonds. The summed E-state index contributed by atoms with van der Waals surface area (Å²) in [5.74, 6) is 0.464. The summed E-state index contributed by atoms with van der Waals surface area (Å²) in [6.07, 6.45) is 0. The maximum Gasteiger partial charge on any atom is 0.274 e. The van der Waals surface area contributed by atoms with Crippen LogP contribution in [-0.2, 0) is 9.47 Å². The van der Waals surface area contributed by atoms with Crippen molar-refractivity contribution in [1.82, 2.24) is 15.1 Å². The molecule has 1 N–H and O–H groups in total. The molecule has 1 heterocycles. The van der Waals surface area contributed by atoms with Crippen molar-refractivity contribution in [3.05, 3.63) is 17.8 Å². The first kappa shape index (κ1) is 17.3. The second-order valence-electron chi connectivity index (χ2n) is 4.24. The Balaban J connectivity index is 2.66. The van der Waals surface area contributed by atoms with E-state index in [4.69, 9.17) is 9.47 Å². The number of carbonyl (C=O) groups excluding carboxylic acids is 1. The van der Waals surface area contributed by atoms with Gasteiger partial charge in [-0.05, 0) is 26.0 Å². The molecule has 21 heavy (non-hydrogen) atoms. The molecule has 0 spiro atoms. The van der Waals surface area contributed by atoms with Crippen LogP contribution >= 0.6 is 0 Å². The van der Waals surface area contributed by atoms with Crippen LogP contribution in [0.3, 0.4) is 0 Å². The van der Waals surface area contributed by atoms with Crippen molar-refractivity contribution in [2.75, 3.05) is 51.9 Å². The van der Waals surface area contributed by atoms with Crippen LogP contribution in [0.2, 0.25) is 0 Å². The highest BCUT2D eigenvalue weighted by Gasteiger charge is 2.17. The van der Waals surface area contributed by atoms with Gasteiger partial charge in [0.2, 0.25) is 0 Å². The maximum atomic E-state index is 12.4. The van der Waals surface area contributed by atoms with Crippen LogP contribution in [0, 0.1) is 0 Å². The van der Waals surface area contributed by atoms with Crippen molar-refractivity contribution in [1.29, 1.82) is 0 Å². The van der Waals surface area contributed by atoms with Crippen LogP contribution in [0.4, 0.5) is 5.82 Å². The normalized spacial score (nSPS) is 10.4. The summed E-state index contributed by atoms with van der Waals surface area (Å²) in [6.45, 7) is 7.12. The van der Waals surface area contributed by atoms with Crippen molar-refractivity contribution < 1.29 is 14.3 Å².